The van der Waals surface area contributed by atoms with E-state index >= 15 is 0 Å². The van der Waals surface area contributed by atoms with Gasteiger partial charge in [0.1, 0.15) is 11.8 Å². The first-order chi connectivity index (χ1) is 10.1. The third-order valence-electron chi connectivity index (χ3n) is 3.40. The first kappa shape index (κ1) is 13.6. The molecule has 0 aliphatic carbocycles. The van der Waals surface area contributed by atoms with Crippen LogP contribution in [-0.2, 0) is 13.6 Å². The molecule has 6 nitrogen and oxygen atoms in total. The van der Waals surface area contributed by atoms with E-state index in [1.807, 2.05) is 36.0 Å². The van der Waals surface area contributed by atoms with E-state index < -0.39 is 7.12 Å². The van der Waals surface area contributed by atoms with Crippen molar-refractivity contribution in [2.45, 2.75) is 6.54 Å². The van der Waals surface area contributed by atoms with Gasteiger partial charge in [-0.1, -0.05) is 24.3 Å². The molecule has 2 heterocycles. The first-order valence-electron chi connectivity index (χ1n) is 6.60. The largest absolute Gasteiger partial charge is 0.488 e. The molecule has 1 aromatic carbocycles. The molecule has 0 radical (unpaired) electrons. The molecular weight excluding hydrogens is 267 g/mol. The maximum Gasteiger partial charge on any atom is 0.488 e. The molecule has 0 saturated heterocycles. The predicted molar refractivity (Wildman–Crippen MR) is 82.1 cm³/mol. The second kappa shape index (κ2) is 5.55. The summed E-state index contributed by atoms with van der Waals surface area (Å²) in [7, 11) is 0.519. The molecule has 3 N–H and O–H groups in total. The number of fused-ring (bicyclic) bond motifs is 1. The fourth-order valence-corrected chi connectivity index (χ4v) is 2.24. The summed E-state index contributed by atoms with van der Waals surface area (Å²) in [5, 5.41) is 21.4. The van der Waals surface area contributed by atoms with Gasteiger partial charge >= 0.3 is 7.12 Å². The monoisotopic (exact) mass is 282 g/mol. The van der Waals surface area contributed by atoms with Crippen LogP contribution in [0, 0.1) is 0 Å². The molecule has 106 valence electrons. The van der Waals surface area contributed by atoms with Crippen LogP contribution >= 0.6 is 0 Å². The zero-order chi connectivity index (χ0) is 14.8. The Morgan fingerprint density at radius 3 is 2.62 bits per heavy atom. The normalized spacial score (nSPS) is 10.8. The van der Waals surface area contributed by atoms with Crippen LogP contribution in [0.25, 0.3) is 11.0 Å². The Morgan fingerprint density at radius 2 is 1.90 bits per heavy atom. The van der Waals surface area contributed by atoms with Crippen LogP contribution in [0.4, 0.5) is 5.82 Å². The van der Waals surface area contributed by atoms with Gasteiger partial charge in [-0.25, -0.2) is 9.97 Å². The SMILES string of the molecule is Cn1ccc2ncnc(NCc3ccc(B(O)O)cc3)c21. The van der Waals surface area contributed by atoms with Gasteiger partial charge in [-0.15, -0.1) is 0 Å². The third kappa shape index (κ3) is 2.74. The highest BCUT2D eigenvalue weighted by atomic mass is 16.4. The van der Waals surface area contributed by atoms with Crippen LogP contribution in [0.2, 0.25) is 0 Å². The second-order valence-corrected chi connectivity index (χ2v) is 4.85. The van der Waals surface area contributed by atoms with Gasteiger partial charge in [0.15, 0.2) is 5.82 Å². The fourth-order valence-electron chi connectivity index (χ4n) is 2.24. The molecule has 0 bridgehead atoms. The van der Waals surface area contributed by atoms with Gasteiger partial charge in [-0.3, -0.25) is 0 Å². The number of benzene rings is 1. The minimum absolute atomic E-state index is 0.477. The Balaban J connectivity index is 1.78. The van der Waals surface area contributed by atoms with Crippen molar-refractivity contribution in [2.24, 2.45) is 7.05 Å². The Morgan fingerprint density at radius 1 is 1.14 bits per heavy atom. The average Bonchev–Trinajstić information content (AvgIpc) is 2.88. The average molecular weight is 282 g/mol. The van der Waals surface area contributed by atoms with Crippen molar-refractivity contribution in [1.29, 1.82) is 0 Å². The highest BCUT2D eigenvalue weighted by molar-refractivity contribution is 6.58. The number of hydrogen-bond donors (Lipinski definition) is 3. The molecular formula is C14H15BN4O2. The highest BCUT2D eigenvalue weighted by Crippen LogP contribution is 2.19. The summed E-state index contributed by atoms with van der Waals surface area (Å²) in [6.07, 6.45) is 3.48. The second-order valence-electron chi connectivity index (χ2n) is 4.85. The van der Waals surface area contributed by atoms with Crippen molar-refractivity contribution in [3.63, 3.8) is 0 Å². The van der Waals surface area contributed by atoms with E-state index in [2.05, 4.69) is 15.3 Å². The molecule has 0 fully saturated rings. The van der Waals surface area contributed by atoms with Crippen molar-refractivity contribution in [3.05, 3.63) is 48.4 Å². The lowest BCUT2D eigenvalue weighted by Crippen LogP contribution is -2.29. The Kier molecular flexibility index (Phi) is 3.59. The smallest absolute Gasteiger partial charge is 0.423 e. The summed E-state index contributed by atoms with van der Waals surface area (Å²) in [6.45, 7) is 0.596. The number of anilines is 1. The van der Waals surface area contributed by atoms with Gasteiger partial charge in [-0.2, -0.15) is 0 Å². The van der Waals surface area contributed by atoms with E-state index in [9.17, 15) is 0 Å². The minimum Gasteiger partial charge on any atom is -0.423 e. The molecule has 21 heavy (non-hydrogen) atoms. The summed E-state index contributed by atoms with van der Waals surface area (Å²) in [5.74, 6) is 0.777. The summed E-state index contributed by atoms with van der Waals surface area (Å²) < 4.78 is 1.98. The topological polar surface area (TPSA) is 83.2 Å². The molecule has 0 aliphatic rings. The van der Waals surface area contributed by atoms with E-state index in [-0.39, 0.29) is 0 Å². The summed E-state index contributed by atoms with van der Waals surface area (Å²) in [4.78, 5) is 8.50. The quantitative estimate of drug-likeness (QED) is 0.598. The lowest BCUT2D eigenvalue weighted by molar-refractivity contribution is 0.426. The van der Waals surface area contributed by atoms with E-state index in [1.165, 1.54) is 6.33 Å². The molecule has 7 heteroatoms. The zero-order valence-corrected chi connectivity index (χ0v) is 11.6. The highest BCUT2D eigenvalue weighted by Gasteiger charge is 2.10. The van der Waals surface area contributed by atoms with Crippen molar-refractivity contribution in [3.8, 4) is 0 Å². The van der Waals surface area contributed by atoms with E-state index in [0.717, 1.165) is 22.4 Å². The summed E-state index contributed by atoms with van der Waals surface area (Å²) >= 11 is 0. The first-order valence-corrected chi connectivity index (χ1v) is 6.60. The Hall–Kier alpha value is -2.38. The van der Waals surface area contributed by atoms with E-state index in [0.29, 0.717) is 12.0 Å². The molecule has 3 rings (SSSR count). The maximum absolute atomic E-state index is 9.07. The summed E-state index contributed by atoms with van der Waals surface area (Å²) in [6, 6.07) is 9.04. The van der Waals surface area contributed by atoms with Gasteiger partial charge in [-0.05, 0) is 17.1 Å². The van der Waals surface area contributed by atoms with Crippen LogP contribution in [0.5, 0.6) is 0 Å². The fraction of sp³-hybridized carbons (Fsp3) is 0.143. The van der Waals surface area contributed by atoms with Gasteiger partial charge in [0.05, 0.1) is 5.52 Å². The van der Waals surface area contributed by atoms with E-state index in [1.54, 1.807) is 12.1 Å². The number of aryl methyl sites for hydroxylation is 1. The number of nitrogens with one attached hydrogen (secondary N) is 1. The number of rotatable bonds is 4. The van der Waals surface area contributed by atoms with Crippen LogP contribution in [0.15, 0.2) is 42.9 Å². The lowest BCUT2D eigenvalue weighted by Gasteiger charge is -2.08. The van der Waals surface area contributed by atoms with Gasteiger partial charge < -0.3 is 19.9 Å². The van der Waals surface area contributed by atoms with Crippen molar-refractivity contribution in [2.75, 3.05) is 5.32 Å². The van der Waals surface area contributed by atoms with Crippen LogP contribution in [0.1, 0.15) is 5.56 Å². The van der Waals surface area contributed by atoms with Crippen molar-refractivity contribution < 1.29 is 10.0 Å². The molecule has 3 aromatic rings. The van der Waals surface area contributed by atoms with Crippen LogP contribution < -0.4 is 10.8 Å². The zero-order valence-electron chi connectivity index (χ0n) is 11.6. The van der Waals surface area contributed by atoms with Crippen molar-refractivity contribution in [1.82, 2.24) is 14.5 Å². The van der Waals surface area contributed by atoms with Gasteiger partial charge in [0, 0.05) is 19.8 Å². The number of hydrogen-bond acceptors (Lipinski definition) is 5. The Bertz CT molecular complexity index is 755. The predicted octanol–water partition coefficient (Wildman–Crippen LogP) is 0.260. The Labute approximate surface area is 122 Å². The van der Waals surface area contributed by atoms with Crippen LogP contribution in [0.3, 0.4) is 0 Å². The molecule has 0 spiro atoms. The maximum atomic E-state index is 9.07. The third-order valence-corrected chi connectivity index (χ3v) is 3.40. The minimum atomic E-state index is -1.43. The molecule has 0 amide bonds. The molecule has 0 saturated carbocycles. The van der Waals surface area contributed by atoms with Gasteiger partial charge in [0.25, 0.3) is 0 Å². The number of nitrogens with zero attached hydrogens (tertiary/aromatic N) is 3. The molecule has 2 aromatic heterocycles. The molecule has 0 aliphatic heterocycles. The summed E-state index contributed by atoms with van der Waals surface area (Å²) in [5.41, 5.74) is 3.36. The van der Waals surface area contributed by atoms with Gasteiger partial charge in [0.2, 0.25) is 0 Å². The lowest BCUT2D eigenvalue weighted by atomic mass is 9.80. The molecule has 0 atom stereocenters. The standard InChI is InChI=1S/C14H15BN4O2/c1-19-7-6-12-13(19)14(18-9-17-12)16-8-10-2-4-11(5-3-10)15(20)21/h2-7,9,20-21H,8H2,1H3,(H,16,17,18). The number of aromatic nitrogens is 3. The van der Waals surface area contributed by atoms with E-state index in [4.69, 9.17) is 10.0 Å². The van der Waals surface area contributed by atoms with Crippen molar-refractivity contribution >= 4 is 29.4 Å². The van der Waals surface area contributed by atoms with Crippen LogP contribution in [-0.4, -0.2) is 31.7 Å². The molecule has 0 unspecified atom stereocenters.